The molecule has 1 atom stereocenters. The van der Waals surface area contributed by atoms with E-state index in [0.29, 0.717) is 18.5 Å². The molecule has 2 aliphatic rings. The minimum Gasteiger partial charge on any atom is -0.480 e. The molecule has 0 bridgehead atoms. The maximum atomic E-state index is 12.6. The Morgan fingerprint density at radius 2 is 2.00 bits per heavy atom. The van der Waals surface area contributed by atoms with Crippen molar-refractivity contribution in [2.24, 2.45) is 0 Å². The molecule has 1 fully saturated rings. The van der Waals surface area contributed by atoms with E-state index in [1.165, 1.54) is 10.5 Å². The van der Waals surface area contributed by atoms with Crippen LogP contribution >= 0.6 is 0 Å². The van der Waals surface area contributed by atoms with E-state index in [1.54, 1.807) is 0 Å². The summed E-state index contributed by atoms with van der Waals surface area (Å²) in [6.07, 6.45) is 2.30. The third kappa shape index (κ3) is 2.29. The van der Waals surface area contributed by atoms with E-state index < -0.39 is 12.0 Å². The number of likely N-dealkylation sites (tertiary alicyclic amines) is 1. The lowest BCUT2D eigenvalue weighted by molar-refractivity contribution is -0.143. The Hall–Kier alpha value is -1.88. The van der Waals surface area contributed by atoms with Gasteiger partial charge in [0.25, 0.3) is 5.91 Å². The number of benzene rings is 1. The van der Waals surface area contributed by atoms with Crippen molar-refractivity contribution in [1.82, 2.24) is 10.2 Å². The first-order chi connectivity index (χ1) is 9.66. The number of piperidine rings is 1. The van der Waals surface area contributed by atoms with Crippen LogP contribution in [0, 0.1) is 0 Å². The normalized spacial score (nSPS) is 21.6. The molecule has 0 spiro atoms. The van der Waals surface area contributed by atoms with Crippen molar-refractivity contribution in [1.29, 1.82) is 0 Å². The van der Waals surface area contributed by atoms with Gasteiger partial charge in [0.1, 0.15) is 6.04 Å². The molecule has 0 unspecified atom stereocenters. The van der Waals surface area contributed by atoms with Crippen LogP contribution in [0.4, 0.5) is 0 Å². The van der Waals surface area contributed by atoms with E-state index in [-0.39, 0.29) is 5.91 Å². The van der Waals surface area contributed by atoms with Crippen LogP contribution in [0.3, 0.4) is 0 Å². The van der Waals surface area contributed by atoms with Gasteiger partial charge in [0, 0.05) is 25.2 Å². The van der Waals surface area contributed by atoms with Gasteiger partial charge in [0.2, 0.25) is 0 Å². The van der Waals surface area contributed by atoms with E-state index >= 15 is 0 Å². The standard InChI is InChI=1S/C15H18N2O3/c18-14(17-6-2-1-3-13(17)15(19)20)10-4-5-11-8-16-9-12(11)7-10/h4-5,7,13,16H,1-3,6,8-9H2,(H,19,20)/t13-/m1/s1. The number of aliphatic carboxylic acids is 1. The molecule has 0 aliphatic carbocycles. The van der Waals surface area contributed by atoms with Gasteiger partial charge >= 0.3 is 5.97 Å². The quantitative estimate of drug-likeness (QED) is 0.854. The number of carboxylic acids is 1. The predicted molar refractivity (Wildman–Crippen MR) is 73.3 cm³/mol. The summed E-state index contributed by atoms with van der Waals surface area (Å²) in [5.74, 6) is -1.06. The molecule has 2 heterocycles. The van der Waals surface area contributed by atoms with Crippen molar-refractivity contribution >= 4 is 11.9 Å². The van der Waals surface area contributed by atoms with Gasteiger partial charge in [-0.05, 0) is 42.5 Å². The minimum absolute atomic E-state index is 0.160. The van der Waals surface area contributed by atoms with E-state index in [4.69, 9.17) is 0 Å². The number of hydrogen-bond acceptors (Lipinski definition) is 3. The number of nitrogens with one attached hydrogen (secondary N) is 1. The third-order valence-corrected chi connectivity index (χ3v) is 4.13. The summed E-state index contributed by atoms with van der Waals surface area (Å²) in [4.78, 5) is 25.4. The summed E-state index contributed by atoms with van der Waals surface area (Å²) in [6.45, 7) is 2.15. The summed E-state index contributed by atoms with van der Waals surface area (Å²) in [6, 6.07) is 4.98. The average Bonchev–Trinajstić information content (AvgIpc) is 2.93. The second-order valence-electron chi connectivity index (χ2n) is 5.44. The molecule has 2 N–H and O–H groups in total. The molecular formula is C15H18N2O3. The number of carbonyl (C=O) groups excluding carboxylic acids is 1. The molecule has 3 rings (SSSR count). The zero-order valence-electron chi connectivity index (χ0n) is 11.3. The van der Waals surface area contributed by atoms with E-state index in [2.05, 4.69) is 5.32 Å². The second kappa shape index (κ2) is 5.25. The number of carboxylic acid groups (broad SMARTS) is 1. The van der Waals surface area contributed by atoms with Crippen molar-refractivity contribution in [2.75, 3.05) is 6.54 Å². The highest BCUT2D eigenvalue weighted by atomic mass is 16.4. The molecule has 20 heavy (non-hydrogen) atoms. The second-order valence-corrected chi connectivity index (χ2v) is 5.44. The molecule has 1 amide bonds. The Balaban J connectivity index is 1.85. The first kappa shape index (κ1) is 13.1. The van der Waals surface area contributed by atoms with Gasteiger partial charge in [-0.3, -0.25) is 4.79 Å². The van der Waals surface area contributed by atoms with Crippen molar-refractivity contribution in [2.45, 2.75) is 38.4 Å². The zero-order chi connectivity index (χ0) is 14.1. The lowest BCUT2D eigenvalue weighted by atomic mass is 9.99. The van der Waals surface area contributed by atoms with Crippen molar-refractivity contribution in [3.8, 4) is 0 Å². The summed E-state index contributed by atoms with van der Waals surface area (Å²) in [7, 11) is 0. The number of fused-ring (bicyclic) bond motifs is 1. The van der Waals surface area contributed by atoms with Crippen LogP contribution in [0.2, 0.25) is 0 Å². The maximum Gasteiger partial charge on any atom is 0.326 e. The lowest BCUT2D eigenvalue weighted by Crippen LogP contribution is -2.48. The highest BCUT2D eigenvalue weighted by molar-refractivity contribution is 5.97. The SMILES string of the molecule is O=C(O)[C@H]1CCCCN1C(=O)c1ccc2c(c1)CNC2. The van der Waals surface area contributed by atoms with E-state index in [0.717, 1.165) is 31.5 Å². The Morgan fingerprint density at radius 3 is 2.80 bits per heavy atom. The number of rotatable bonds is 2. The molecule has 0 radical (unpaired) electrons. The predicted octanol–water partition coefficient (Wildman–Crippen LogP) is 1.37. The van der Waals surface area contributed by atoms with E-state index in [9.17, 15) is 14.7 Å². The van der Waals surface area contributed by atoms with Gasteiger partial charge in [0.05, 0.1) is 0 Å². The number of amides is 1. The number of hydrogen-bond donors (Lipinski definition) is 2. The van der Waals surface area contributed by atoms with Gasteiger partial charge in [0.15, 0.2) is 0 Å². The topological polar surface area (TPSA) is 69.6 Å². The molecule has 106 valence electrons. The summed E-state index contributed by atoms with van der Waals surface area (Å²) < 4.78 is 0. The Labute approximate surface area is 117 Å². The van der Waals surface area contributed by atoms with Crippen LogP contribution in [0.25, 0.3) is 0 Å². The van der Waals surface area contributed by atoms with Crippen LogP contribution in [0.15, 0.2) is 18.2 Å². The summed E-state index contributed by atoms with van der Waals surface area (Å²) >= 11 is 0. The smallest absolute Gasteiger partial charge is 0.326 e. The van der Waals surface area contributed by atoms with Crippen LogP contribution < -0.4 is 5.32 Å². The van der Waals surface area contributed by atoms with Gasteiger partial charge < -0.3 is 15.3 Å². The summed E-state index contributed by atoms with van der Waals surface area (Å²) in [5, 5.41) is 12.5. The van der Waals surface area contributed by atoms with Crippen molar-refractivity contribution in [3.05, 3.63) is 34.9 Å². The fourth-order valence-corrected chi connectivity index (χ4v) is 3.03. The molecule has 1 aromatic carbocycles. The molecular weight excluding hydrogens is 256 g/mol. The number of carbonyl (C=O) groups is 2. The molecule has 2 aliphatic heterocycles. The van der Waals surface area contributed by atoms with Gasteiger partial charge in [-0.1, -0.05) is 6.07 Å². The Morgan fingerprint density at radius 1 is 1.20 bits per heavy atom. The summed E-state index contributed by atoms with van der Waals surface area (Å²) in [5.41, 5.74) is 2.95. The first-order valence-corrected chi connectivity index (χ1v) is 7.03. The molecule has 1 aromatic rings. The van der Waals surface area contributed by atoms with Gasteiger partial charge in [-0.2, -0.15) is 0 Å². The number of nitrogens with zero attached hydrogens (tertiary/aromatic N) is 1. The molecule has 0 aromatic heterocycles. The van der Waals surface area contributed by atoms with Gasteiger partial charge in [-0.15, -0.1) is 0 Å². The largest absolute Gasteiger partial charge is 0.480 e. The fourth-order valence-electron chi connectivity index (χ4n) is 3.03. The molecule has 1 saturated heterocycles. The van der Waals surface area contributed by atoms with Crippen molar-refractivity contribution < 1.29 is 14.7 Å². The van der Waals surface area contributed by atoms with Gasteiger partial charge in [-0.25, -0.2) is 4.79 Å². The molecule has 0 saturated carbocycles. The zero-order valence-corrected chi connectivity index (χ0v) is 11.3. The lowest BCUT2D eigenvalue weighted by Gasteiger charge is -2.33. The van der Waals surface area contributed by atoms with E-state index in [1.807, 2.05) is 18.2 Å². The maximum absolute atomic E-state index is 12.6. The highest BCUT2D eigenvalue weighted by Crippen LogP contribution is 2.22. The fraction of sp³-hybridized carbons (Fsp3) is 0.467. The minimum atomic E-state index is -0.902. The molecule has 5 heteroatoms. The third-order valence-electron chi connectivity index (χ3n) is 4.13. The highest BCUT2D eigenvalue weighted by Gasteiger charge is 2.32. The van der Waals surface area contributed by atoms with Crippen LogP contribution in [-0.2, 0) is 17.9 Å². The average molecular weight is 274 g/mol. The Kier molecular flexibility index (Phi) is 3.44. The molecule has 5 nitrogen and oxygen atoms in total. The van der Waals surface area contributed by atoms with Crippen LogP contribution in [-0.4, -0.2) is 34.5 Å². The Bertz CT molecular complexity index is 556. The monoisotopic (exact) mass is 274 g/mol. The van der Waals surface area contributed by atoms with Crippen LogP contribution in [0.5, 0.6) is 0 Å². The first-order valence-electron chi connectivity index (χ1n) is 7.03. The van der Waals surface area contributed by atoms with Crippen LogP contribution in [0.1, 0.15) is 40.7 Å². The van der Waals surface area contributed by atoms with Crippen molar-refractivity contribution in [3.63, 3.8) is 0 Å².